The summed E-state index contributed by atoms with van der Waals surface area (Å²) in [7, 11) is 0. The monoisotopic (exact) mass is 207 g/mol. The van der Waals surface area contributed by atoms with Gasteiger partial charge in [0.15, 0.2) is 0 Å². The number of H-pyrrole nitrogens is 1. The fourth-order valence-corrected chi connectivity index (χ4v) is 1.92. The lowest BCUT2D eigenvalue weighted by atomic mass is 10.2. The van der Waals surface area contributed by atoms with E-state index in [2.05, 4.69) is 4.98 Å². The third kappa shape index (κ3) is 1.15. The molecule has 1 aromatic heterocycles. The van der Waals surface area contributed by atoms with Gasteiger partial charge in [0, 0.05) is 21.6 Å². The Morgan fingerprint density at radius 1 is 1.29 bits per heavy atom. The van der Waals surface area contributed by atoms with Crippen molar-refractivity contribution in [2.75, 3.05) is 0 Å². The summed E-state index contributed by atoms with van der Waals surface area (Å²) in [5, 5.41) is 11.7. The van der Waals surface area contributed by atoms with Crippen LogP contribution in [0.1, 0.15) is 18.5 Å². The molecule has 3 rings (SSSR count). The van der Waals surface area contributed by atoms with E-state index < -0.39 is 5.60 Å². The molecule has 0 unspecified atom stereocenters. The molecule has 1 fully saturated rings. The van der Waals surface area contributed by atoms with E-state index in [1.807, 2.05) is 24.3 Å². The lowest BCUT2D eigenvalue weighted by Crippen LogP contribution is -2.03. The quantitative estimate of drug-likeness (QED) is 0.741. The van der Waals surface area contributed by atoms with E-state index in [1.54, 1.807) is 0 Å². The Balaban J connectivity index is 2.20. The van der Waals surface area contributed by atoms with Crippen LogP contribution in [-0.4, -0.2) is 10.1 Å². The summed E-state index contributed by atoms with van der Waals surface area (Å²) in [6.07, 6.45) is 1.71. The zero-order valence-electron chi connectivity index (χ0n) is 7.55. The van der Waals surface area contributed by atoms with Crippen molar-refractivity contribution in [1.82, 2.24) is 4.98 Å². The highest BCUT2D eigenvalue weighted by Crippen LogP contribution is 2.45. The number of aliphatic hydroxyl groups is 1. The van der Waals surface area contributed by atoms with E-state index in [1.165, 1.54) is 0 Å². The van der Waals surface area contributed by atoms with Crippen LogP contribution < -0.4 is 0 Å². The van der Waals surface area contributed by atoms with Crippen molar-refractivity contribution in [3.63, 3.8) is 0 Å². The first-order chi connectivity index (χ1) is 6.67. The van der Waals surface area contributed by atoms with Gasteiger partial charge < -0.3 is 10.1 Å². The molecule has 1 aliphatic carbocycles. The summed E-state index contributed by atoms with van der Waals surface area (Å²) in [5.41, 5.74) is 1.35. The molecule has 1 aromatic carbocycles. The maximum Gasteiger partial charge on any atom is 0.105 e. The summed E-state index contributed by atoms with van der Waals surface area (Å²) in [5.74, 6) is 0. The molecule has 0 aliphatic heterocycles. The molecule has 2 nitrogen and oxygen atoms in total. The number of hydrogen-bond donors (Lipinski definition) is 2. The second-order valence-electron chi connectivity index (χ2n) is 3.95. The molecule has 1 aliphatic rings. The van der Waals surface area contributed by atoms with Gasteiger partial charge in [0.1, 0.15) is 5.60 Å². The van der Waals surface area contributed by atoms with Crippen molar-refractivity contribution in [3.05, 3.63) is 35.0 Å². The number of nitrogens with one attached hydrogen (secondary N) is 1. The number of halogens is 1. The molecule has 0 atom stereocenters. The van der Waals surface area contributed by atoms with E-state index in [0.717, 1.165) is 34.5 Å². The third-order valence-electron chi connectivity index (χ3n) is 2.81. The predicted molar refractivity (Wildman–Crippen MR) is 56.4 cm³/mol. The minimum atomic E-state index is -0.592. The van der Waals surface area contributed by atoms with Crippen molar-refractivity contribution in [1.29, 1.82) is 0 Å². The van der Waals surface area contributed by atoms with Crippen molar-refractivity contribution < 1.29 is 5.11 Å². The van der Waals surface area contributed by atoms with Gasteiger partial charge in [0.2, 0.25) is 0 Å². The predicted octanol–water partition coefficient (Wildman–Crippen LogP) is 2.80. The van der Waals surface area contributed by atoms with Crippen LogP contribution in [-0.2, 0) is 5.60 Å². The minimum absolute atomic E-state index is 0.592. The number of fused-ring (bicyclic) bond motifs is 1. The van der Waals surface area contributed by atoms with Crippen molar-refractivity contribution in [3.8, 4) is 0 Å². The van der Waals surface area contributed by atoms with Crippen LogP contribution in [0.15, 0.2) is 24.3 Å². The largest absolute Gasteiger partial charge is 0.384 e. The normalized spacial score (nSPS) is 18.7. The molecular weight excluding hydrogens is 198 g/mol. The second-order valence-corrected chi connectivity index (χ2v) is 4.38. The SMILES string of the molecule is OC1(c2cc3cc(Cl)ccc3[nH]2)CC1. The van der Waals surface area contributed by atoms with Crippen LogP contribution in [0.4, 0.5) is 0 Å². The number of rotatable bonds is 1. The molecule has 0 spiro atoms. The Labute approximate surface area is 86.5 Å². The minimum Gasteiger partial charge on any atom is -0.384 e. The highest BCUT2D eigenvalue weighted by Gasteiger charge is 2.43. The van der Waals surface area contributed by atoms with Gasteiger partial charge in [-0.05, 0) is 37.1 Å². The van der Waals surface area contributed by atoms with Gasteiger partial charge in [0.05, 0.1) is 0 Å². The van der Waals surface area contributed by atoms with Crippen LogP contribution in [0.25, 0.3) is 10.9 Å². The lowest BCUT2D eigenvalue weighted by molar-refractivity contribution is 0.147. The summed E-state index contributed by atoms with van der Waals surface area (Å²) in [6.45, 7) is 0. The maximum atomic E-state index is 9.91. The Morgan fingerprint density at radius 3 is 2.79 bits per heavy atom. The summed E-state index contributed by atoms with van der Waals surface area (Å²) >= 11 is 5.88. The molecule has 2 N–H and O–H groups in total. The van der Waals surface area contributed by atoms with Crippen LogP contribution in [0.2, 0.25) is 5.02 Å². The molecule has 0 radical (unpaired) electrons. The van der Waals surface area contributed by atoms with E-state index in [-0.39, 0.29) is 0 Å². The van der Waals surface area contributed by atoms with E-state index in [9.17, 15) is 5.11 Å². The molecule has 1 heterocycles. The average molecular weight is 208 g/mol. The smallest absolute Gasteiger partial charge is 0.105 e. The van der Waals surface area contributed by atoms with Crippen LogP contribution in [0.3, 0.4) is 0 Å². The number of benzene rings is 1. The fourth-order valence-electron chi connectivity index (χ4n) is 1.74. The van der Waals surface area contributed by atoms with Gasteiger partial charge in [-0.15, -0.1) is 0 Å². The van der Waals surface area contributed by atoms with Gasteiger partial charge in [-0.1, -0.05) is 11.6 Å². The third-order valence-corrected chi connectivity index (χ3v) is 3.04. The second kappa shape index (κ2) is 2.53. The number of aromatic amines is 1. The average Bonchev–Trinajstić information content (AvgIpc) is 2.77. The maximum absolute atomic E-state index is 9.91. The molecule has 0 bridgehead atoms. The molecule has 2 aromatic rings. The lowest BCUT2D eigenvalue weighted by Gasteiger charge is -2.01. The molecule has 3 heteroatoms. The topological polar surface area (TPSA) is 36.0 Å². The molecule has 1 saturated carbocycles. The molecule has 0 amide bonds. The zero-order chi connectivity index (χ0) is 9.76. The van der Waals surface area contributed by atoms with E-state index in [4.69, 9.17) is 11.6 Å². The molecule has 14 heavy (non-hydrogen) atoms. The Hall–Kier alpha value is -0.990. The Kier molecular flexibility index (Phi) is 1.50. The standard InChI is InChI=1S/C11H10ClNO/c12-8-1-2-9-7(5-8)6-10(13-9)11(14)3-4-11/h1-2,5-6,13-14H,3-4H2. The van der Waals surface area contributed by atoms with Gasteiger partial charge in [-0.25, -0.2) is 0 Å². The van der Waals surface area contributed by atoms with Gasteiger partial charge in [0.25, 0.3) is 0 Å². The Bertz CT molecular complexity index is 499. The van der Waals surface area contributed by atoms with Crippen LogP contribution in [0.5, 0.6) is 0 Å². The summed E-state index contributed by atoms with van der Waals surface area (Å²) < 4.78 is 0. The first-order valence-corrected chi connectivity index (χ1v) is 5.06. The highest BCUT2D eigenvalue weighted by molar-refractivity contribution is 6.31. The van der Waals surface area contributed by atoms with Gasteiger partial charge in [-0.2, -0.15) is 0 Å². The van der Waals surface area contributed by atoms with Crippen molar-refractivity contribution in [2.24, 2.45) is 0 Å². The van der Waals surface area contributed by atoms with E-state index in [0.29, 0.717) is 0 Å². The molecule has 72 valence electrons. The zero-order valence-corrected chi connectivity index (χ0v) is 8.30. The van der Waals surface area contributed by atoms with Crippen molar-refractivity contribution in [2.45, 2.75) is 18.4 Å². The highest BCUT2D eigenvalue weighted by atomic mass is 35.5. The molecule has 0 saturated heterocycles. The fraction of sp³-hybridized carbons (Fsp3) is 0.273. The van der Waals surface area contributed by atoms with Crippen LogP contribution >= 0.6 is 11.6 Å². The summed E-state index contributed by atoms with van der Waals surface area (Å²) in [6, 6.07) is 7.67. The van der Waals surface area contributed by atoms with E-state index >= 15 is 0 Å². The first kappa shape index (κ1) is 8.33. The van der Waals surface area contributed by atoms with Gasteiger partial charge >= 0.3 is 0 Å². The summed E-state index contributed by atoms with van der Waals surface area (Å²) in [4.78, 5) is 3.22. The van der Waals surface area contributed by atoms with Gasteiger partial charge in [-0.3, -0.25) is 0 Å². The van der Waals surface area contributed by atoms with Crippen LogP contribution in [0, 0.1) is 0 Å². The number of hydrogen-bond acceptors (Lipinski definition) is 1. The Morgan fingerprint density at radius 2 is 2.07 bits per heavy atom. The number of aromatic nitrogens is 1. The first-order valence-electron chi connectivity index (χ1n) is 4.69. The van der Waals surface area contributed by atoms with Crippen molar-refractivity contribution >= 4 is 22.5 Å². The molecular formula is C11H10ClNO.